The molecule has 0 radical (unpaired) electrons. The van der Waals surface area contributed by atoms with Crippen molar-refractivity contribution in [3.05, 3.63) is 99.2 Å². The Morgan fingerprint density at radius 3 is 2.25 bits per heavy atom. The van der Waals surface area contributed by atoms with Gasteiger partial charge >= 0.3 is 0 Å². The number of allylic oxidation sites excluding steroid dienone is 2. The summed E-state index contributed by atoms with van der Waals surface area (Å²) in [5, 5.41) is 17.0. The molecule has 57 heavy (non-hydrogen) atoms. The van der Waals surface area contributed by atoms with Gasteiger partial charge in [0.2, 0.25) is 14.1 Å². The van der Waals surface area contributed by atoms with Crippen molar-refractivity contribution in [2.24, 2.45) is 11.8 Å². The number of hydrogen-bond acceptors (Lipinski definition) is 10. The number of benzene rings is 2. The number of aliphatic hydroxyl groups excluding tert-OH is 1. The number of fused-ring (bicyclic) bond motifs is 4. The molecule has 3 aromatic rings. The molecule has 3 aliphatic carbocycles. The highest BCUT2D eigenvalue weighted by molar-refractivity contribution is 6.74. The second-order valence-electron chi connectivity index (χ2n) is 19.3. The molecule has 0 unspecified atom stereocenters. The highest BCUT2D eigenvalue weighted by atomic mass is 28.4. The standard InChI is InChI=1S/C45H62N2O8Si2/c1-27-29(21-18-22-53-56(11,12)43(2,3)4)25-33(51-10)31-23-30-24-32-37(47(8)9)39-36(42(46-54-39)52-26-28-19-16-15-17-20-28)41(50)45(32,55-57(13,14)44(5,6)7)40(49)35(30)38(48)34(27)31/h15-20,22,25,30,32,37,49H,21,23-24,26H2,1-14H3/b22-18-/t30-,32-,37-,45-/m0/s1. The van der Waals surface area contributed by atoms with Gasteiger partial charge in [-0.2, -0.15) is 0 Å². The number of Topliss-reactive ketones (excluding diaryl/α,β-unsaturated/α-hetero) is 2. The molecular formula is C45H62N2O8Si2. The van der Waals surface area contributed by atoms with Gasteiger partial charge in [-0.1, -0.05) is 71.9 Å². The zero-order valence-corrected chi connectivity index (χ0v) is 38.4. The van der Waals surface area contributed by atoms with Crippen molar-refractivity contribution in [2.75, 3.05) is 21.2 Å². The van der Waals surface area contributed by atoms with E-state index in [4.69, 9.17) is 22.8 Å². The molecule has 12 heteroatoms. The maximum atomic E-state index is 15.5. The van der Waals surface area contributed by atoms with E-state index in [0.717, 1.165) is 22.3 Å². The van der Waals surface area contributed by atoms with Gasteiger partial charge in [0.25, 0.3) is 5.88 Å². The summed E-state index contributed by atoms with van der Waals surface area (Å²) in [6, 6.07) is 11.1. The molecule has 0 aliphatic heterocycles. The number of ether oxygens (including phenoxy) is 2. The number of methoxy groups -OCH3 is 1. The first kappa shape index (κ1) is 42.6. The van der Waals surface area contributed by atoms with Crippen LogP contribution >= 0.6 is 0 Å². The molecule has 0 spiro atoms. The minimum absolute atomic E-state index is 0.0402. The summed E-state index contributed by atoms with van der Waals surface area (Å²) in [6.07, 6.45) is 5.14. The summed E-state index contributed by atoms with van der Waals surface area (Å²) in [4.78, 5) is 32.7. The Morgan fingerprint density at radius 1 is 1.00 bits per heavy atom. The number of aliphatic hydroxyl groups is 1. The number of carbonyl (C=O) groups excluding carboxylic acids is 2. The molecule has 1 N–H and O–H groups in total. The number of nitrogens with zero attached hydrogens (tertiary/aromatic N) is 2. The van der Waals surface area contributed by atoms with Crippen molar-refractivity contribution in [3.8, 4) is 11.6 Å². The van der Waals surface area contributed by atoms with Crippen molar-refractivity contribution < 1.29 is 37.5 Å². The Bertz CT molecular complexity index is 2100. The summed E-state index contributed by atoms with van der Waals surface area (Å²) < 4.78 is 31.8. The zero-order valence-electron chi connectivity index (χ0n) is 36.4. The minimum Gasteiger partial charge on any atom is -0.549 e. The van der Waals surface area contributed by atoms with E-state index in [0.29, 0.717) is 36.3 Å². The van der Waals surface area contributed by atoms with E-state index in [1.54, 1.807) is 13.4 Å². The molecule has 3 aliphatic rings. The van der Waals surface area contributed by atoms with Crippen LogP contribution < -0.4 is 9.47 Å². The average Bonchev–Trinajstić information content (AvgIpc) is 3.53. The molecule has 0 fully saturated rings. The molecular weight excluding hydrogens is 753 g/mol. The van der Waals surface area contributed by atoms with Gasteiger partial charge in [-0.3, -0.25) is 14.5 Å². The molecule has 0 bridgehead atoms. The summed E-state index contributed by atoms with van der Waals surface area (Å²) in [6.45, 7) is 23.6. The average molecular weight is 815 g/mol. The van der Waals surface area contributed by atoms with Gasteiger partial charge in [-0.05, 0) is 116 Å². The highest BCUT2D eigenvalue weighted by Crippen LogP contribution is 2.60. The van der Waals surface area contributed by atoms with Crippen LogP contribution in [0.4, 0.5) is 0 Å². The highest BCUT2D eigenvalue weighted by Gasteiger charge is 2.67. The second kappa shape index (κ2) is 15.0. The van der Waals surface area contributed by atoms with Gasteiger partial charge in [0.05, 0.1) is 19.4 Å². The normalized spacial score (nSPS) is 22.7. The zero-order chi connectivity index (χ0) is 42.0. The molecule has 0 saturated heterocycles. The van der Waals surface area contributed by atoms with E-state index < -0.39 is 45.9 Å². The minimum atomic E-state index is -2.85. The van der Waals surface area contributed by atoms with Crippen LogP contribution in [0.5, 0.6) is 11.6 Å². The number of aromatic nitrogens is 1. The lowest BCUT2D eigenvalue weighted by molar-refractivity contribution is -0.0480. The van der Waals surface area contributed by atoms with Gasteiger partial charge in [0.15, 0.2) is 25.5 Å². The molecule has 1 aromatic heterocycles. The van der Waals surface area contributed by atoms with Gasteiger partial charge < -0.3 is 28.0 Å². The maximum Gasteiger partial charge on any atom is 0.265 e. The predicted molar refractivity (Wildman–Crippen MR) is 227 cm³/mol. The van der Waals surface area contributed by atoms with Gasteiger partial charge in [0.1, 0.15) is 23.7 Å². The largest absolute Gasteiger partial charge is 0.549 e. The van der Waals surface area contributed by atoms with E-state index in [9.17, 15) is 5.11 Å². The summed E-state index contributed by atoms with van der Waals surface area (Å²) >= 11 is 0. The number of carbonyl (C=O) groups is 2. The molecule has 4 atom stereocenters. The topological polar surface area (TPSA) is 121 Å². The molecule has 308 valence electrons. The Hall–Kier alpha value is -3.98. The lowest BCUT2D eigenvalue weighted by Crippen LogP contribution is -2.65. The lowest BCUT2D eigenvalue weighted by Gasteiger charge is -2.55. The Labute approximate surface area is 340 Å². The van der Waals surface area contributed by atoms with E-state index in [1.165, 1.54) is 0 Å². The molecule has 1 heterocycles. The van der Waals surface area contributed by atoms with E-state index in [-0.39, 0.29) is 45.2 Å². The van der Waals surface area contributed by atoms with E-state index in [1.807, 2.05) is 68.4 Å². The van der Waals surface area contributed by atoms with Crippen molar-refractivity contribution in [3.63, 3.8) is 0 Å². The maximum absolute atomic E-state index is 15.5. The Morgan fingerprint density at radius 2 is 1.65 bits per heavy atom. The van der Waals surface area contributed by atoms with Crippen molar-refractivity contribution in [1.82, 2.24) is 10.1 Å². The van der Waals surface area contributed by atoms with Gasteiger partial charge in [0, 0.05) is 22.6 Å². The Balaban J connectivity index is 1.50. The van der Waals surface area contributed by atoms with Crippen LogP contribution in [-0.4, -0.2) is 70.2 Å². The van der Waals surface area contributed by atoms with E-state index >= 15 is 9.59 Å². The molecule has 0 saturated carbocycles. The quantitative estimate of drug-likeness (QED) is 0.148. The van der Waals surface area contributed by atoms with Crippen LogP contribution in [0.15, 0.2) is 64.6 Å². The molecule has 6 rings (SSSR count). The van der Waals surface area contributed by atoms with Crippen LogP contribution in [0.25, 0.3) is 0 Å². The monoisotopic (exact) mass is 814 g/mol. The first-order valence-electron chi connectivity index (χ1n) is 20.1. The number of ketones is 2. The molecule has 10 nitrogen and oxygen atoms in total. The predicted octanol–water partition coefficient (Wildman–Crippen LogP) is 10.1. The third kappa shape index (κ3) is 7.25. The first-order valence-corrected chi connectivity index (χ1v) is 25.9. The molecule has 2 aromatic carbocycles. The lowest BCUT2D eigenvalue weighted by atomic mass is 9.58. The fourth-order valence-corrected chi connectivity index (χ4v) is 10.4. The van der Waals surface area contributed by atoms with Crippen LogP contribution in [0.3, 0.4) is 0 Å². The summed E-state index contributed by atoms with van der Waals surface area (Å²) in [5.41, 5.74) is 2.43. The van der Waals surface area contributed by atoms with Gasteiger partial charge in [-0.25, -0.2) is 0 Å². The van der Waals surface area contributed by atoms with Crippen molar-refractivity contribution >= 4 is 28.2 Å². The fourth-order valence-electron chi connectivity index (χ4n) is 8.20. The fraction of sp³-hybridized carbons (Fsp3) is 0.533. The number of rotatable bonds is 11. The number of hydrogen-bond donors (Lipinski definition) is 1. The smallest absolute Gasteiger partial charge is 0.265 e. The van der Waals surface area contributed by atoms with Crippen LogP contribution in [-0.2, 0) is 28.3 Å². The first-order chi connectivity index (χ1) is 26.5. The second-order valence-corrected chi connectivity index (χ2v) is 28.8. The summed E-state index contributed by atoms with van der Waals surface area (Å²) in [5.74, 6) is -1.09. The molecule has 0 amide bonds. The van der Waals surface area contributed by atoms with Gasteiger partial charge in [-0.15, -0.1) is 0 Å². The third-order valence-corrected chi connectivity index (χ3v) is 22.3. The van der Waals surface area contributed by atoms with Crippen LogP contribution in [0.1, 0.15) is 103 Å². The summed E-state index contributed by atoms with van der Waals surface area (Å²) in [7, 11) is 0.619. The Kier molecular flexibility index (Phi) is 11.2. The van der Waals surface area contributed by atoms with Crippen molar-refractivity contribution in [2.45, 2.75) is 122 Å². The van der Waals surface area contributed by atoms with Crippen molar-refractivity contribution in [1.29, 1.82) is 0 Å². The van der Waals surface area contributed by atoms with Crippen LogP contribution in [0.2, 0.25) is 36.3 Å². The van der Waals surface area contributed by atoms with Crippen LogP contribution in [0, 0.1) is 18.8 Å². The van der Waals surface area contributed by atoms with E-state index in [2.05, 4.69) is 72.9 Å². The SMILES string of the molecule is COc1cc(C/C=C\O[Si](C)(C)C(C)(C)C)c(C)c2c1C[C@H]1C[C@H]3[C@H](N(C)C)c4onc(OCc5ccccc5)c4C(=O)[C@@]3(O[Si](C)(C)C(C)(C)C)C(O)=C1C2=O. The third-order valence-electron chi connectivity index (χ3n) is 13.5.